The summed E-state index contributed by atoms with van der Waals surface area (Å²) in [7, 11) is 3.10. The number of urea groups is 1. The van der Waals surface area contributed by atoms with E-state index >= 15 is 0 Å². The fraction of sp³-hybridized carbons (Fsp3) is 0.316. The van der Waals surface area contributed by atoms with E-state index in [1.165, 1.54) is 0 Å². The second kappa shape index (κ2) is 10.0. The first kappa shape index (κ1) is 19.2. The van der Waals surface area contributed by atoms with Gasteiger partial charge in [-0.1, -0.05) is 0 Å². The van der Waals surface area contributed by atoms with E-state index < -0.39 is 0 Å². The fourth-order valence-electron chi connectivity index (χ4n) is 2.19. The van der Waals surface area contributed by atoms with Gasteiger partial charge in [-0.15, -0.1) is 0 Å². The number of anilines is 1. The monoisotopic (exact) mass is 360 g/mol. The molecular formula is C19H24N2O5. The molecule has 2 rings (SSSR count). The van der Waals surface area contributed by atoms with Crippen LogP contribution in [0.25, 0.3) is 0 Å². The van der Waals surface area contributed by atoms with Gasteiger partial charge in [0.05, 0.1) is 27.4 Å². The molecule has 0 bridgehead atoms. The topological polar surface area (TPSA) is 78.1 Å². The van der Waals surface area contributed by atoms with Gasteiger partial charge in [-0.05, 0) is 31.2 Å². The minimum absolute atomic E-state index is 0.337. The van der Waals surface area contributed by atoms with E-state index in [1.807, 2.05) is 31.2 Å². The Bertz CT molecular complexity index is 681. The van der Waals surface area contributed by atoms with Crippen LogP contribution in [0.4, 0.5) is 10.5 Å². The number of carbonyl (C=O) groups is 1. The van der Waals surface area contributed by atoms with Crippen LogP contribution in [-0.4, -0.2) is 40.0 Å². The zero-order chi connectivity index (χ0) is 18.8. The predicted octanol–water partition coefficient (Wildman–Crippen LogP) is 3.30. The molecule has 0 saturated heterocycles. The van der Waals surface area contributed by atoms with Gasteiger partial charge in [0.15, 0.2) is 0 Å². The summed E-state index contributed by atoms with van der Waals surface area (Å²) in [4.78, 5) is 12.0. The zero-order valence-electron chi connectivity index (χ0n) is 15.2. The number of ether oxygens (including phenoxy) is 4. The Morgan fingerprint density at radius 1 is 0.885 bits per heavy atom. The van der Waals surface area contributed by atoms with Crippen LogP contribution in [0.2, 0.25) is 0 Å². The Labute approximate surface area is 153 Å². The molecular weight excluding hydrogens is 336 g/mol. The zero-order valence-corrected chi connectivity index (χ0v) is 15.2. The molecule has 2 amide bonds. The first-order valence-corrected chi connectivity index (χ1v) is 8.28. The molecule has 2 aromatic rings. The van der Waals surface area contributed by atoms with E-state index in [0.717, 1.165) is 5.75 Å². The number of benzene rings is 2. The Morgan fingerprint density at radius 3 is 2.00 bits per heavy atom. The van der Waals surface area contributed by atoms with Gasteiger partial charge < -0.3 is 29.6 Å². The summed E-state index contributed by atoms with van der Waals surface area (Å²) >= 11 is 0. The van der Waals surface area contributed by atoms with Crippen molar-refractivity contribution in [3.63, 3.8) is 0 Å². The van der Waals surface area contributed by atoms with Crippen molar-refractivity contribution in [1.82, 2.24) is 5.32 Å². The number of amides is 2. The van der Waals surface area contributed by atoms with Crippen LogP contribution in [0, 0.1) is 0 Å². The highest BCUT2D eigenvalue weighted by atomic mass is 16.5. The van der Waals surface area contributed by atoms with Gasteiger partial charge in [-0.25, -0.2) is 4.79 Å². The molecule has 0 atom stereocenters. The van der Waals surface area contributed by atoms with Crippen molar-refractivity contribution in [1.29, 1.82) is 0 Å². The van der Waals surface area contributed by atoms with Crippen LogP contribution in [0.5, 0.6) is 23.0 Å². The molecule has 0 radical (unpaired) electrons. The molecule has 0 spiro atoms. The molecule has 7 nitrogen and oxygen atoms in total. The smallest absolute Gasteiger partial charge is 0.319 e. The highest BCUT2D eigenvalue weighted by molar-refractivity contribution is 5.89. The van der Waals surface area contributed by atoms with E-state index in [2.05, 4.69) is 10.6 Å². The van der Waals surface area contributed by atoms with Crippen LogP contribution in [0.1, 0.15) is 6.92 Å². The maximum atomic E-state index is 12.0. The number of hydrogen-bond donors (Lipinski definition) is 2. The molecule has 0 aliphatic heterocycles. The van der Waals surface area contributed by atoms with Crippen molar-refractivity contribution in [2.75, 3.05) is 39.3 Å². The average Bonchev–Trinajstić information content (AvgIpc) is 2.66. The molecule has 0 saturated carbocycles. The molecule has 0 aromatic heterocycles. The highest BCUT2D eigenvalue weighted by Gasteiger charge is 2.06. The van der Waals surface area contributed by atoms with Gasteiger partial charge in [0.1, 0.15) is 29.6 Å². The minimum atomic E-state index is -0.337. The fourth-order valence-corrected chi connectivity index (χ4v) is 2.19. The van der Waals surface area contributed by atoms with E-state index in [0.29, 0.717) is 42.7 Å². The van der Waals surface area contributed by atoms with Gasteiger partial charge in [0.25, 0.3) is 0 Å². The Morgan fingerprint density at radius 2 is 1.46 bits per heavy atom. The maximum absolute atomic E-state index is 12.0. The molecule has 0 aliphatic carbocycles. The summed E-state index contributed by atoms with van der Waals surface area (Å²) in [5.74, 6) is 2.70. The van der Waals surface area contributed by atoms with Crippen molar-refractivity contribution in [3.8, 4) is 23.0 Å². The summed E-state index contributed by atoms with van der Waals surface area (Å²) in [5.41, 5.74) is 0.575. The van der Waals surface area contributed by atoms with E-state index in [9.17, 15) is 4.79 Å². The third-order valence-electron chi connectivity index (χ3n) is 3.40. The van der Waals surface area contributed by atoms with Crippen molar-refractivity contribution >= 4 is 11.7 Å². The van der Waals surface area contributed by atoms with Crippen molar-refractivity contribution < 1.29 is 23.7 Å². The lowest BCUT2D eigenvalue weighted by atomic mass is 10.3. The lowest BCUT2D eigenvalue weighted by molar-refractivity contribution is 0.247. The third-order valence-corrected chi connectivity index (χ3v) is 3.40. The predicted molar refractivity (Wildman–Crippen MR) is 99.7 cm³/mol. The first-order chi connectivity index (χ1) is 12.6. The molecule has 0 unspecified atom stereocenters. The molecule has 140 valence electrons. The maximum Gasteiger partial charge on any atom is 0.319 e. The molecule has 2 aromatic carbocycles. The Hall–Kier alpha value is -3.09. The molecule has 7 heteroatoms. The molecule has 26 heavy (non-hydrogen) atoms. The lowest BCUT2D eigenvalue weighted by Gasteiger charge is -2.11. The molecule has 0 fully saturated rings. The summed E-state index contributed by atoms with van der Waals surface area (Å²) < 4.78 is 21.3. The van der Waals surface area contributed by atoms with E-state index in [-0.39, 0.29) is 6.03 Å². The number of hydrogen-bond acceptors (Lipinski definition) is 5. The van der Waals surface area contributed by atoms with Gasteiger partial charge in [0, 0.05) is 23.9 Å². The normalized spacial score (nSPS) is 9.96. The summed E-state index contributed by atoms with van der Waals surface area (Å²) in [6, 6.07) is 12.1. The quantitative estimate of drug-likeness (QED) is 0.671. The molecule has 2 N–H and O–H groups in total. The SMILES string of the molecule is CCOc1ccc(OCCNC(=O)Nc2cc(OC)cc(OC)c2)cc1. The number of nitrogens with one attached hydrogen (secondary N) is 2. The standard InChI is InChI=1S/C19H24N2O5/c1-4-25-15-5-7-16(8-6-15)26-10-9-20-19(22)21-14-11-17(23-2)13-18(12-14)24-3/h5-8,11-13H,4,9-10H2,1-3H3,(H2,20,21,22). The summed E-state index contributed by atoms with van der Waals surface area (Å²) in [6.07, 6.45) is 0. The van der Waals surface area contributed by atoms with Gasteiger partial charge in [-0.2, -0.15) is 0 Å². The highest BCUT2D eigenvalue weighted by Crippen LogP contribution is 2.25. The largest absolute Gasteiger partial charge is 0.497 e. The lowest BCUT2D eigenvalue weighted by Crippen LogP contribution is -2.32. The second-order valence-electron chi connectivity index (χ2n) is 5.24. The number of methoxy groups -OCH3 is 2. The van der Waals surface area contributed by atoms with Crippen molar-refractivity contribution in [2.24, 2.45) is 0 Å². The molecule has 0 heterocycles. The average molecular weight is 360 g/mol. The van der Waals surface area contributed by atoms with Gasteiger partial charge in [0.2, 0.25) is 0 Å². The van der Waals surface area contributed by atoms with Crippen LogP contribution in [-0.2, 0) is 0 Å². The third kappa shape index (κ3) is 6.08. The van der Waals surface area contributed by atoms with Crippen LogP contribution >= 0.6 is 0 Å². The van der Waals surface area contributed by atoms with Gasteiger partial charge >= 0.3 is 6.03 Å². The minimum Gasteiger partial charge on any atom is -0.497 e. The van der Waals surface area contributed by atoms with Gasteiger partial charge in [-0.3, -0.25) is 0 Å². The summed E-state index contributed by atoms with van der Waals surface area (Å²) in [6.45, 7) is 3.27. The Kier molecular flexibility index (Phi) is 7.42. The molecule has 0 aliphatic rings. The first-order valence-electron chi connectivity index (χ1n) is 8.28. The van der Waals surface area contributed by atoms with Crippen LogP contribution < -0.4 is 29.6 Å². The number of carbonyl (C=O) groups excluding carboxylic acids is 1. The number of rotatable bonds is 9. The van der Waals surface area contributed by atoms with E-state index in [1.54, 1.807) is 32.4 Å². The van der Waals surface area contributed by atoms with Crippen LogP contribution in [0.3, 0.4) is 0 Å². The summed E-state index contributed by atoms with van der Waals surface area (Å²) in [5, 5.41) is 5.46. The second-order valence-corrected chi connectivity index (χ2v) is 5.24. The Balaban J connectivity index is 1.75. The van der Waals surface area contributed by atoms with Crippen LogP contribution in [0.15, 0.2) is 42.5 Å². The van der Waals surface area contributed by atoms with Crippen molar-refractivity contribution in [3.05, 3.63) is 42.5 Å². The van der Waals surface area contributed by atoms with Crippen molar-refractivity contribution in [2.45, 2.75) is 6.92 Å². The van der Waals surface area contributed by atoms with E-state index in [4.69, 9.17) is 18.9 Å².